The van der Waals surface area contributed by atoms with Crippen molar-refractivity contribution < 1.29 is 4.74 Å². The highest BCUT2D eigenvalue weighted by Crippen LogP contribution is 2.25. The molecule has 2 saturated heterocycles. The third-order valence-electron chi connectivity index (χ3n) is 5.08. The molecule has 3 heterocycles. The molecule has 0 saturated carbocycles. The van der Waals surface area contributed by atoms with Gasteiger partial charge in [0.2, 0.25) is 5.95 Å². The highest BCUT2D eigenvalue weighted by Gasteiger charge is 2.23. The van der Waals surface area contributed by atoms with Gasteiger partial charge in [-0.3, -0.25) is 4.90 Å². The Morgan fingerprint density at radius 2 is 1.93 bits per heavy atom. The number of aromatic nitrogens is 2. The first kappa shape index (κ1) is 20.2. The maximum atomic E-state index is 5.42. The van der Waals surface area contributed by atoms with Crippen molar-refractivity contribution in [2.75, 3.05) is 62.7 Å². The average Bonchev–Trinajstić information content (AvgIpc) is 2.61. The summed E-state index contributed by atoms with van der Waals surface area (Å²) in [5.74, 6) is 2.92. The average molecular weight is 393 g/mol. The highest BCUT2D eigenvalue weighted by molar-refractivity contribution is 7.80. The molecule has 1 aromatic heterocycles. The number of nitrogens with zero attached hydrogens (tertiary/aromatic N) is 4. The van der Waals surface area contributed by atoms with Crippen molar-refractivity contribution in [1.82, 2.24) is 20.2 Å². The van der Waals surface area contributed by atoms with Crippen molar-refractivity contribution in [3.63, 3.8) is 0 Å². The van der Waals surface area contributed by atoms with E-state index in [-0.39, 0.29) is 0 Å². The van der Waals surface area contributed by atoms with Crippen LogP contribution in [0.25, 0.3) is 0 Å². The van der Waals surface area contributed by atoms with Crippen LogP contribution in [0.15, 0.2) is 6.07 Å². The summed E-state index contributed by atoms with van der Waals surface area (Å²) in [6.45, 7) is 14.1. The Morgan fingerprint density at radius 1 is 1.22 bits per heavy atom. The summed E-state index contributed by atoms with van der Waals surface area (Å²) in [4.78, 5) is 14.0. The van der Waals surface area contributed by atoms with Crippen LogP contribution in [0.5, 0.6) is 0 Å². The molecule has 2 atom stereocenters. The smallest absolute Gasteiger partial charge is 0.231 e. The Bertz CT molecular complexity index is 627. The largest absolute Gasteiger partial charge is 0.379 e. The van der Waals surface area contributed by atoms with Gasteiger partial charge in [0.15, 0.2) is 5.11 Å². The molecule has 3 rings (SSSR count). The third kappa shape index (κ3) is 6.26. The first-order valence-corrected chi connectivity index (χ1v) is 10.4. The van der Waals surface area contributed by atoms with Gasteiger partial charge in [0, 0.05) is 51.0 Å². The van der Waals surface area contributed by atoms with Crippen molar-refractivity contribution in [3.05, 3.63) is 11.8 Å². The Morgan fingerprint density at radius 3 is 2.63 bits per heavy atom. The molecule has 0 unspecified atom stereocenters. The number of piperidine rings is 1. The standard InChI is InChI=1S/C19H32N6OS/c1-14-10-15(2)13-25(12-14)17-11-16(3)21-18(22-17)23-19(27)20-4-5-24-6-8-26-9-7-24/h11,14-15H,4-10,12-13H2,1-3H3,(H2,20,21,22,23,27)/t14-,15-/m0/s1. The van der Waals surface area contributed by atoms with Crippen molar-refractivity contribution in [2.45, 2.75) is 27.2 Å². The molecule has 0 radical (unpaired) electrons. The second kappa shape index (κ2) is 9.61. The van der Waals surface area contributed by atoms with Crippen molar-refractivity contribution >= 4 is 29.1 Å². The first-order chi connectivity index (χ1) is 13.0. The maximum Gasteiger partial charge on any atom is 0.231 e. The summed E-state index contributed by atoms with van der Waals surface area (Å²) in [6.07, 6.45) is 1.28. The first-order valence-electron chi connectivity index (χ1n) is 9.95. The van der Waals surface area contributed by atoms with E-state index >= 15 is 0 Å². The van der Waals surface area contributed by atoms with E-state index in [1.165, 1.54) is 6.42 Å². The zero-order chi connectivity index (χ0) is 19.2. The highest BCUT2D eigenvalue weighted by atomic mass is 32.1. The second-order valence-corrected chi connectivity index (χ2v) is 8.29. The lowest BCUT2D eigenvalue weighted by Crippen LogP contribution is -2.42. The van der Waals surface area contributed by atoms with E-state index in [0.717, 1.165) is 64.0 Å². The fourth-order valence-corrected chi connectivity index (χ4v) is 4.11. The summed E-state index contributed by atoms with van der Waals surface area (Å²) in [6, 6.07) is 2.06. The minimum atomic E-state index is 0.569. The summed E-state index contributed by atoms with van der Waals surface area (Å²) < 4.78 is 5.37. The van der Waals surface area contributed by atoms with Gasteiger partial charge in [-0.1, -0.05) is 13.8 Å². The molecular weight excluding hydrogens is 360 g/mol. The quantitative estimate of drug-likeness (QED) is 0.737. The molecule has 2 aliphatic heterocycles. The number of hydrogen-bond acceptors (Lipinski definition) is 6. The van der Waals surface area contributed by atoms with Crippen molar-refractivity contribution in [2.24, 2.45) is 11.8 Å². The molecule has 27 heavy (non-hydrogen) atoms. The van der Waals surface area contributed by atoms with Crippen LogP contribution in [0.1, 0.15) is 26.0 Å². The van der Waals surface area contributed by atoms with Crippen molar-refractivity contribution in [3.8, 4) is 0 Å². The van der Waals surface area contributed by atoms with E-state index in [9.17, 15) is 0 Å². The van der Waals surface area contributed by atoms with Gasteiger partial charge in [0.1, 0.15) is 5.82 Å². The molecule has 0 aromatic carbocycles. The molecule has 7 nitrogen and oxygen atoms in total. The Labute approximate surface area is 167 Å². The number of rotatable bonds is 5. The van der Waals surface area contributed by atoms with Crippen LogP contribution in [-0.4, -0.2) is 72.5 Å². The Kier molecular flexibility index (Phi) is 7.20. The van der Waals surface area contributed by atoms with Crippen LogP contribution < -0.4 is 15.5 Å². The van der Waals surface area contributed by atoms with E-state index in [0.29, 0.717) is 22.9 Å². The number of hydrogen-bond donors (Lipinski definition) is 2. The SMILES string of the molecule is Cc1cc(N2C[C@@H](C)C[C@H](C)C2)nc(NC(=S)NCCN2CCOCC2)n1. The molecule has 1 aromatic rings. The van der Waals surface area contributed by atoms with Gasteiger partial charge < -0.3 is 20.3 Å². The number of anilines is 2. The molecule has 0 bridgehead atoms. The second-order valence-electron chi connectivity index (χ2n) is 7.88. The fraction of sp³-hybridized carbons (Fsp3) is 0.737. The van der Waals surface area contributed by atoms with Crippen LogP contribution in [0.3, 0.4) is 0 Å². The molecule has 2 fully saturated rings. The van der Waals surface area contributed by atoms with Gasteiger partial charge in [-0.15, -0.1) is 0 Å². The lowest BCUT2D eigenvalue weighted by Gasteiger charge is -2.36. The maximum absolute atomic E-state index is 5.42. The van der Waals surface area contributed by atoms with Gasteiger partial charge >= 0.3 is 0 Å². The molecule has 2 aliphatic rings. The van der Waals surface area contributed by atoms with E-state index in [2.05, 4.69) is 45.3 Å². The lowest BCUT2D eigenvalue weighted by molar-refractivity contribution is 0.0389. The Hall–Kier alpha value is -1.51. The number of nitrogens with one attached hydrogen (secondary N) is 2. The molecule has 150 valence electrons. The monoisotopic (exact) mass is 392 g/mol. The number of ether oxygens (including phenoxy) is 1. The molecular formula is C19H32N6OS. The van der Waals surface area contributed by atoms with Crippen LogP contribution in [0, 0.1) is 18.8 Å². The topological polar surface area (TPSA) is 65.6 Å². The van der Waals surface area contributed by atoms with Crippen LogP contribution in [0.2, 0.25) is 0 Å². The van der Waals surface area contributed by atoms with E-state index < -0.39 is 0 Å². The van der Waals surface area contributed by atoms with E-state index in [4.69, 9.17) is 21.9 Å². The van der Waals surface area contributed by atoms with Crippen LogP contribution in [0.4, 0.5) is 11.8 Å². The lowest BCUT2D eigenvalue weighted by atomic mass is 9.92. The van der Waals surface area contributed by atoms with Gasteiger partial charge in [0.05, 0.1) is 13.2 Å². The predicted molar refractivity (Wildman–Crippen MR) is 113 cm³/mol. The van der Waals surface area contributed by atoms with Crippen LogP contribution in [-0.2, 0) is 4.74 Å². The van der Waals surface area contributed by atoms with Gasteiger partial charge in [-0.2, -0.15) is 4.98 Å². The van der Waals surface area contributed by atoms with Gasteiger partial charge in [0.25, 0.3) is 0 Å². The van der Waals surface area contributed by atoms with E-state index in [1.807, 2.05) is 6.92 Å². The van der Waals surface area contributed by atoms with Crippen LogP contribution >= 0.6 is 12.2 Å². The molecule has 0 spiro atoms. The predicted octanol–water partition coefficient (Wildman–Crippen LogP) is 1.89. The number of thiocarbonyl (C=S) groups is 1. The van der Waals surface area contributed by atoms with Gasteiger partial charge in [-0.05, 0) is 37.4 Å². The summed E-state index contributed by atoms with van der Waals surface area (Å²) in [5, 5.41) is 6.98. The minimum absolute atomic E-state index is 0.569. The molecule has 8 heteroatoms. The van der Waals surface area contributed by atoms with E-state index in [1.54, 1.807) is 0 Å². The minimum Gasteiger partial charge on any atom is -0.379 e. The number of aryl methyl sites for hydroxylation is 1. The third-order valence-corrected chi connectivity index (χ3v) is 5.32. The molecule has 0 amide bonds. The summed E-state index contributed by atoms with van der Waals surface area (Å²) in [7, 11) is 0. The molecule has 0 aliphatic carbocycles. The number of morpholine rings is 1. The molecule has 2 N–H and O–H groups in total. The van der Waals surface area contributed by atoms with Gasteiger partial charge in [-0.25, -0.2) is 4.98 Å². The normalized spacial score (nSPS) is 23.9. The van der Waals surface area contributed by atoms with Crippen molar-refractivity contribution in [1.29, 1.82) is 0 Å². The summed E-state index contributed by atoms with van der Waals surface area (Å²) in [5.41, 5.74) is 0.949. The Balaban J connectivity index is 1.53. The summed E-state index contributed by atoms with van der Waals surface area (Å²) >= 11 is 5.42. The zero-order valence-corrected chi connectivity index (χ0v) is 17.5. The fourth-order valence-electron chi connectivity index (χ4n) is 3.92. The zero-order valence-electron chi connectivity index (χ0n) is 16.7.